The van der Waals surface area contributed by atoms with Gasteiger partial charge in [0.1, 0.15) is 4.21 Å². The van der Waals surface area contributed by atoms with Crippen molar-refractivity contribution in [2.24, 2.45) is 0 Å². The van der Waals surface area contributed by atoms with Crippen molar-refractivity contribution < 1.29 is 18.3 Å². The molecule has 1 aromatic heterocycles. The Morgan fingerprint density at radius 1 is 1.10 bits per heavy atom. The topological polar surface area (TPSA) is 73.3 Å². The zero-order valence-corrected chi connectivity index (χ0v) is 19.7. The number of benzene rings is 1. The number of piperazine rings is 1. The third-order valence-corrected chi connectivity index (χ3v) is 9.25. The Labute approximate surface area is 188 Å². The van der Waals surface area contributed by atoms with E-state index in [4.69, 9.17) is 4.74 Å². The molecule has 0 spiro atoms. The van der Waals surface area contributed by atoms with E-state index in [9.17, 15) is 13.5 Å². The monoisotopic (exact) mass is 465 g/mol. The lowest BCUT2D eigenvalue weighted by Gasteiger charge is -2.44. The highest BCUT2D eigenvalue weighted by Crippen LogP contribution is 2.29. The molecule has 9 heteroatoms. The summed E-state index contributed by atoms with van der Waals surface area (Å²) in [6.07, 6.45) is 0. The van der Waals surface area contributed by atoms with Gasteiger partial charge in [0.15, 0.2) is 0 Å². The Balaban J connectivity index is 1.57. The first-order chi connectivity index (χ1) is 14.7. The molecule has 0 saturated carbocycles. The Kier molecular flexibility index (Phi) is 6.71. The smallest absolute Gasteiger partial charge is 0.252 e. The van der Waals surface area contributed by atoms with Crippen LogP contribution in [0.1, 0.15) is 19.4 Å². The van der Waals surface area contributed by atoms with Crippen LogP contribution < -0.4 is 4.90 Å². The minimum absolute atomic E-state index is 0.0366. The average molecular weight is 466 g/mol. The van der Waals surface area contributed by atoms with Crippen LogP contribution in [-0.2, 0) is 20.4 Å². The molecule has 0 bridgehead atoms. The molecule has 2 aliphatic heterocycles. The van der Waals surface area contributed by atoms with Gasteiger partial charge < -0.3 is 14.7 Å². The second kappa shape index (κ2) is 9.17. The van der Waals surface area contributed by atoms with Crippen molar-refractivity contribution in [2.45, 2.75) is 29.7 Å². The molecule has 2 aromatic rings. The van der Waals surface area contributed by atoms with Crippen LogP contribution in [0.3, 0.4) is 0 Å². The molecule has 7 nitrogen and oxygen atoms in total. The first-order valence-corrected chi connectivity index (χ1v) is 13.0. The number of aliphatic hydroxyl groups is 1. The Bertz CT molecular complexity index is 950. The lowest BCUT2D eigenvalue weighted by molar-refractivity contribution is 0.0332. The summed E-state index contributed by atoms with van der Waals surface area (Å²) in [5.74, 6) is 0. The van der Waals surface area contributed by atoms with E-state index in [1.54, 1.807) is 35.7 Å². The summed E-state index contributed by atoms with van der Waals surface area (Å²) in [7, 11) is -3.48. The molecule has 1 unspecified atom stereocenters. The highest BCUT2D eigenvalue weighted by atomic mass is 32.2. The second-order valence-electron chi connectivity index (χ2n) is 8.66. The van der Waals surface area contributed by atoms with E-state index in [0.717, 1.165) is 30.9 Å². The Morgan fingerprint density at radius 2 is 1.81 bits per heavy atom. The molecule has 2 saturated heterocycles. The predicted molar refractivity (Wildman–Crippen MR) is 123 cm³/mol. The number of thiophene rings is 1. The fraction of sp³-hybridized carbons (Fsp3) is 0.545. The SMILES string of the molecule is CC(C)(O)c1ccc(N2CCN(S(=O)(=O)c3cccs3)CC2CN2CCOCC2)cc1. The van der Waals surface area contributed by atoms with Crippen molar-refractivity contribution >= 4 is 27.0 Å². The van der Waals surface area contributed by atoms with E-state index in [2.05, 4.69) is 9.80 Å². The molecule has 0 aliphatic carbocycles. The first kappa shape index (κ1) is 22.7. The molecule has 0 radical (unpaired) electrons. The van der Waals surface area contributed by atoms with E-state index in [1.807, 2.05) is 24.3 Å². The molecular formula is C22H31N3O4S2. The summed E-state index contributed by atoms with van der Waals surface area (Å²) in [6.45, 7) is 9.01. The van der Waals surface area contributed by atoms with Gasteiger partial charge in [0.2, 0.25) is 0 Å². The fourth-order valence-electron chi connectivity index (χ4n) is 4.22. The number of morpholine rings is 1. The molecule has 0 amide bonds. The number of sulfonamides is 1. The minimum atomic E-state index is -3.48. The standard InChI is InChI=1S/C22H31N3O4S2/c1-22(2,26)18-5-7-19(8-6-18)25-10-9-24(31(27,28)21-4-3-15-30-21)17-20(25)16-23-11-13-29-14-12-23/h3-8,15,20,26H,9-14,16-17H2,1-2H3. The number of hydrogen-bond donors (Lipinski definition) is 1. The van der Waals surface area contributed by atoms with Gasteiger partial charge in [-0.25, -0.2) is 8.42 Å². The number of anilines is 1. The van der Waals surface area contributed by atoms with Gasteiger partial charge in [-0.15, -0.1) is 11.3 Å². The molecule has 4 rings (SSSR count). The summed E-state index contributed by atoms with van der Waals surface area (Å²) in [5, 5.41) is 12.1. The van der Waals surface area contributed by atoms with E-state index in [1.165, 1.54) is 11.3 Å². The summed E-state index contributed by atoms with van der Waals surface area (Å²) >= 11 is 1.27. The van der Waals surface area contributed by atoms with Crippen molar-refractivity contribution in [1.29, 1.82) is 0 Å². The van der Waals surface area contributed by atoms with Gasteiger partial charge in [-0.05, 0) is 43.0 Å². The fourth-order valence-corrected chi connectivity index (χ4v) is 6.83. The van der Waals surface area contributed by atoms with Crippen LogP contribution in [0, 0.1) is 0 Å². The van der Waals surface area contributed by atoms with E-state index in [0.29, 0.717) is 37.1 Å². The minimum Gasteiger partial charge on any atom is -0.386 e. The van der Waals surface area contributed by atoms with E-state index < -0.39 is 15.6 Å². The second-order valence-corrected chi connectivity index (χ2v) is 11.8. The average Bonchev–Trinajstić information content (AvgIpc) is 3.30. The predicted octanol–water partition coefficient (Wildman–Crippen LogP) is 2.19. The van der Waals surface area contributed by atoms with E-state index in [-0.39, 0.29) is 6.04 Å². The normalized spacial score (nSPS) is 22.0. The quantitative estimate of drug-likeness (QED) is 0.705. The van der Waals surface area contributed by atoms with Gasteiger partial charge in [-0.3, -0.25) is 4.90 Å². The first-order valence-electron chi connectivity index (χ1n) is 10.7. The lowest BCUT2D eigenvalue weighted by atomic mass is 9.98. The molecular weight excluding hydrogens is 434 g/mol. The van der Waals surface area contributed by atoms with Crippen LogP contribution >= 0.6 is 11.3 Å². The van der Waals surface area contributed by atoms with Crippen LogP contribution in [0.25, 0.3) is 0 Å². The van der Waals surface area contributed by atoms with Crippen LogP contribution in [-0.4, -0.2) is 81.3 Å². The van der Waals surface area contributed by atoms with Crippen molar-refractivity contribution in [3.8, 4) is 0 Å². The molecule has 1 N–H and O–H groups in total. The van der Waals surface area contributed by atoms with Crippen molar-refractivity contribution in [1.82, 2.24) is 9.21 Å². The zero-order chi connectivity index (χ0) is 22.1. The van der Waals surface area contributed by atoms with Crippen molar-refractivity contribution in [2.75, 3.05) is 57.4 Å². The molecule has 3 heterocycles. The summed E-state index contributed by atoms with van der Waals surface area (Å²) in [6, 6.07) is 11.5. The Morgan fingerprint density at radius 3 is 2.42 bits per heavy atom. The maximum Gasteiger partial charge on any atom is 0.252 e. The van der Waals surface area contributed by atoms with Gasteiger partial charge in [-0.1, -0.05) is 18.2 Å². The van der Waals surface area contributed by atoms with Gasteiger partial charge in [-0.2, -0.15) is 4.31 Å². The third-order valence-electron chi connectivity index (χ3n) is 6.01. The zero-order valence-electron chi connectivity index (χ0n) is 18.1. The van der Waals surface area contributed by atoms with Crippen molar-refractivity contribution in [3.05, 3.63) is 47.3 Å². The van der Waals surface area contributed by atoms with Gasteiger partial charge in [0, 0.05) is 45.0 Å². The summed E-state index contributed by atoms with van der Waals surface area (Å²) < 4.78 is 33.8. The Hall–Kier alpha value is -1.49. The molecule has 31 heavy (non-hydrogen) atoms. The highest BCUT2D eigenvalue weighted by molar-refractivity contribution is 7.91. The molecule has 170 valence electrons. The maximum absolute atomic E-state index is 13.1. The summed E-state index contributed by atoms with van der Waals surface area (Å²) in [5.41, 5.74) is 1.03. The third kappa shape index (κ3) is 5.13. The van der Waals surface area contributed by atoms with Gasteiger partial charge in [0.25, 0.3) is 10.0 Å². The van der Waals surface area contributed by atoms with Gasteiger partial charge >= 0.3 is 0 Å². The van der Waals surface area contributed by atoms with Crippen LogP contribution in [0.2, 0.25) is 0 Å². The highest BCUT2D eigenvalue weighted by Gasteiger charge is 2.36. The maximum atomic E-state index is 13.1. The number of ether oxygens (including phenoxy) is 1. The largest absolute Gasteiger partial charge is 0.386 e. The van der Waals surface area contributed by atoms with Crippen molar-refractivity contribution in [3.63, 3.8) is 0 Å². The van der Waals surface area contributed by atoms with Crippen LogP contribution in [0.5, 0.6) is 0 Å². The molecule has 1 atom stereocenters. The number of hydrogen-bond acceptors (Lipinski definition) is 7. The molecule has 1 aromatic carbocycles. The lowest BCUT2D eigenvalue weighted by Crippen LogP contribution is -2.59. The number of rotatable bonds is 6. The molecule has 2 fully saturated rings. The van der Waals surface area contributed by atoms with E-state index >= 15 is 0 Å². The summed E-state index contributed by atoms with van der Waals surface area (Å²) in [4.78, 5) is 4.66. The van der Waals surface area contributed by atoms with Gasteiger partial charge in [0.05, 0.1) is 24.9 Å². The molecule has 2 aliphatic rings. The number of nitrogens with zero attached hydrogens (tertiary/aromatic N) is 3. The van der Waals surface area contributed by atoms with Crippen LogP contribution in [0.4, 0.5) is 5.69 Å². The van der Waals surface area contributed by atoms with Crippen LogP contribution in [0.15, 0.2) is 46.0 Å².